The van der Waals surface area contributed by atoms with Gasteiger partial charge in [-0.05, 0) is 13.0 Å². The van der Waals surface area contributed by atoms with Crippen molar-refractivity contribution in [2.75, 3.05) is 12.0 Å². The third-order valence-electron chi connectivity index (χ3n) is 1.76. The molecule has 0 aliphatic carbocycles. The predicted molar refractivity (Wildman–Crippen MR) is 57.4 cm³/mol. The zero-order valence-corrected chi connectivity index (χ0v) is 8.84. The summed E-state index contributed by atoms with van der Waals surface area (Å²) >= 11 is 5.76. The van der Waals surface area contributed by atoms with Gasteiger partial charge in [-0.2, -0.15) is 0 Å². The number of aromatic carboxylic acids is 1. The van der Waals surface area contributed by atoms with E-state index in [0.29, 0.717) is 18.0 Å². The van der Waals surface area contributed by atoms with Crippen molar-refractivity contribution < 1.29 is 14.6 Å². The van der Waals surface area contributed by atoms with E-state index in [4.69, 9.17) is 27.3 Å². The first-order valence-corrected chi connectivity index (χ1v) is 4.64. The van der Waals surface area contributed by atoms with E-state index in [-0.39, 0.29) is 10.6 Å². The molecule has 15 heavy (non-hydrogen) atoms. The molecule has 0 radical (unpaired) electrons. The lowest BCUT2D eigenvalue weighted by atomic mass is 10.2. The summed E-state index contributed by atoms with van der Waals surface area (Å²) < 4.78 is 5.22. The molecule has 6 heteroatoms. The van der Waals surface area contributed by atoms with Crippen molar-refractivity contribution in [3.63, 3.8) is 0 Å². The molecule has 0 aliphatic heterocycles. The van der Waals surface area contributed by atoms with Crippen molar-refractivity contribution in [3.8, 4) is 5.75 Å². The fourth-order valence-corrected chi connectivity index (χ4v) is 1.34. The first-order chi connectivity index (χ1) is 7.10. The lowest BCUT2D eigenvalue weighted by Crippen LogP contribution is -2.10. The second kappa shape index (κ2) is 4.86. The highest BCUT2D eigenvalue weighted by molar-refractivity contribution is 6.33. The SMILES string of the molecule is CCOc1cc(Cl)c(C(=O)O)cc1NN. The number of anilines is 1. The van der Waals surface area contributed by atoms with Crippen LogP contribution in [0.25, 0.3) is 0 Å². The van der Waals surface area contributed by atoms with Gasteiger partial charge in [0.1, 0.15) is 5.75 Å². The summed E-state index contributed by atoms with van der Waals surface area (Å²) in [4.78, 5) is 10.8. The van der Waals surface area contributed by atoms with Gasteiger partial charge in [-0.3, -0.25) is 5.84 Å². The highest BCUT2D eigenvalue weighted by Gasteiger charge is 2.13. The van der Waals surface area contributed by atoms with Crippen molar-refractivity contribution in [2.24, 2.45) is 5.84 Å². The van der Waals surface area contributed by atoms with E-state index in [9.17, 15) is 4.79 Å². The number of hydrazine groups is 1. The number of hydrogen-bond acceptors (Lipinski definition) is 4. The van der Waals surface area contributed by atoms with Gasteiger partial charge in [0.2, 0.25) is 0 Å². The van der Waals surface area contributed by atoms with Crippen LogP contribution in [0.3, 0.4) is 0 Å². The van der Waals surface area contributed by atoms with Crippen LogP contribution in [0.1, 0.15) is 17.3 Å². The molecular weight excluding hydrogens is 220 g/mol. The molecule has 1 aromatic rings. The molecule has 0 bridgehead atoms. The number of nitrogens with two attached hydrogens (primary N) is 1. The molecule has 0 aliphatic rings. The van der Waals surface area contributed by atoms with Gasteiger partial charge in [0.15, 0.2) is 0 Å². The number of halogens is 1. The Morgan fingerprint density at radius 3 is 2.80 bits per heavy atom. The highest BCUT2D eigenvalue weighted by atomic mass is 35.5. The van der Waals surface area contributed by atoms with E-state index in [1.54, 1.807) is 6.92 Å². The van der Waals surface area contributed by atoms with E-state index in [2.05, 4.69) is 5.43 Å². The second-order valence-electron chi connectivity index (χ2n) is 2.71. The average Bonchev–Trinajstić information content (AvgIpc) is 2.18. The number of nitrogens with one attached hydrogen (secondary N) is 1. The maximum Gasteiger partial charge on any atom is 0.337 e. The minimum absolute atomic E-state index is 0.0203. The van der Waals surface area contributed by atoms with E-state index in [1.807, 2.05) is 0 Å². The van der Waals surface area contributed by atoms with Crippen molar-refractivity contribution >= 4 is 23.3 Å². The Bertz CT molecular complexity index is 382. The smallest absolute Gasteiger partial charge is 0.337 e. The molecule has 0 spiro atoms. The Labute approximate surface area is 91.8 Å². The monoisotopic (exact) mass is 230 g/mol. The molecule has 0 unspecified atom stereocenters. The molecule has 0 saturated heterocycles. The van der Waals surface area contributed by atoms with Gasteiger partial charge in [0.25, 0.3) is 0 Å². The van der Waals surface area contributed by atoms with E-state index >= 15 is 0 Å². The second-order valence-corrected chi connectivity index (χ2v) is 3.12. The lowest BCUT2D eigenvalue weighted by Gasteiger charge is -2.11. The van der Waals surface area contributed by atoms with Crippen LogP contribution in [0.4, 0.5) is 5.69 Å². The molecule has 0 fully saturated rings. The molecule has 0 aromatic heterocycles. The fraction of sp³-hybridized carbons (Fsp3) is 0.222. The largest absolute Gasteiger partial charge is 0.492 e. The minimum atomic E-state index is -1.11. The van der Waals surface area contributed by atoms with Crippen LogP contribution in [0, 0.1) is 0 Å². The van der Waals surface area contributed by atoms with Crippen molar-refractivity contribution in [3.05, 3.63) is 22.7 Å². The Hall–Kier alpha value is -1.46. The first-order valence-electron chi connectivity index (χ1n) is 4.26. The number of rotatable bonds is 4. The van der Waals surface area contributed by atoms with Gasteiger partial charge in [-0.1, -0.05) is 11.6 Å². The summed E-state index contributed by atoms with van der Waals surface area (Å²) in [5.41, 5.74) is 2.72. The molecule has 0 amide bonds. The van der Waals surface area contributed by atoms with Gasteiger partial charge >= 0.3 is 5.97 Å². The number of carbonyl (C=O) groups is 1. The average molecular weight is 231 g/mol. The predicted octanol–water partition coefficient (Wildman–Crippen LogP) is 1.72. The van der Waals surface area contributed by atoms with E-state index < -0.39 is 5.97 Å². The zero-order valence-electron chi connectivity index (χ0n) is 8.08. The molecule has 5 nitrogen and oxygen atoms in total. The first kappa shape index (κ1) is 11.6. The molecule has 0 atom stereocenters. The molecule has 1 rings (SSSR count). The molecule has 1 aromatic carbocycles. The van der Waals surface area contributed by atoms with Crippen LogP contribution in [0.2, 0.25) is 5.02 Å². The topological polar surface area (TPSA) is 84.6 Å². The Kier molecular flexibility index (Phi) is 3.76. The van der Waals surface area contributed by atoms with Crippen LogP contribution >= 0.6 is 11.6 Å². The van der Waals surface area contributed by atoms with E-state index in [0.717, 1.165) is 0 Å². The number of carboxylic acids is 1. The van der Waals surface area contributed by atoms with Crippen molar-refractivity contribution in [1.29, 1.82) is 0 Å². The van der Waals surface area contributed by atoms with Gasteiger partial charge in [-0.25, -0.2) is 4.79 Å². The van der Waals surface area contributed by atoms with Crippen LogP contribution in [0.5, 0.6) is 5.75 Å². The number of benzene rings is 1. The summed E-state index contributed by atoms with van der Waals surface area (Å²) in [6.45, 7) is 2.25. The van der Waals surface area contributed by atoms with E-state index in [1.165, 1.54) is 12.1 Å². The number of carboxylic acid groups (broad SMARTS) is 1. The molecule has 0 saturated carbocycles. The van der Waals surface area contributed by atoms with Crippen LogP contribution < -0.4 is 16.0 Å². The molecule has 82 valence electrons. The quantitative estimate of drug-likeness (QED) is 0.542. The maximum absolute atomic E-state index is 10.8. The lowest BCUT2D eigenvalue weighted by molar-refractivity contribution is 0.0697. The number of ether oxygens (including phenoxy) is 1. The van der Waals surface area contributed by atoms with Gasteiger partial charge in [-0.15, -0.1) is 0 Å². The molecule has 4 N–H and O–H groups in total. The number of hydrogen-bond donors (Lipinski definition) is 3. The number of nitrogen functional groups attached to an aromatic ring is 1. The minimum Gasteiger partial charge on any atom is -0.492 e. The maximum atomic E-state index is 10.8. The van der Waals surface area contributed by atoms with Gasteiger partial charge < -0.3 is 15.3 Å². The Morgan fingerprint density at radius 2 is 2.33 bits per heavy atom. The normalized spacial score (nSPS) is 9.80. The highest BCUT2D eigenvalue weighted by Crippen LogP contribution is 2.30. The standard InChI is InChI=1S/C9H11ClN2O3/c1-2-15-8-4-6(10)5(9(13)14)3-7(8)12-11/h3-4,12H,2,11H2,1H3,(H,13,14). The summed E-state index contributed by atoms with van der Waals surface area (Å²) in [7, 11) is 0. The van der Waals surface area contributed by atoms with Gasteiger partial charge in [0.05, 0.1) is 22.9 Å². The summed E-state index contributed by atoms with van der Waals surface area (Å²) in [5.74, 6) is 4.55. The van der Waals surface area contributed by atoms with Crippen molar-refractivity contribution in [1.82, 2.24) is 0 Å². The third kappa shape index (κ3) is 2.51. The van der Waals surface area contributed by atoms with Crippen LogP contribution in [-0.2, 0) is 0 Å². The van der Waals surface area contributed by atoms with Gasteiger partial charge in [0, 0.05) is 6.07 Å². The van der Waals surface area contributed by atoms with Crippen LogP contribution in [-0.4, -0.2) is 17.7 Å². The third-order valence-corrected chi connectivity index (χ3v) is 2.07. The molecule has 0 heterocycles. The zero-order chi connectivity index (χ0) is 11.4. The summed E-state index contributed by atoms with van der Waals surface area (Å²) in [6.07, 6.45) is 0. The van der Waals surface area contributed by atoms with Crippen molar-refractivity contribution in [2.45, 2.75) is 6.92 Å². The van der Waals surface area contributed by atoms with Crippen LogP contribution in [0.15, 0.2) is 12.1 Å². The Morgan fingerprint density at radius 1 is 1.67 bits per heavy atom. The summed E-state index contributed by atoms with van der Waals surface area (Å²) in [5, 5.41) is 8.93. The molecular formula is C9H11ClN2O3. The summed E-state index contributed by atoms with van der Waals surface area (Å²) in [6, 6.07) is 2.75. The fourth-order valence-electron chi connectivity index (χ4n) is 1.11. The Balaban J connectivity index is 3.22.